The summed E-state index contributed by atoms with van der Waals surface area (Å²) in [4.78, 5) is 41.0. The van der Waals surface area contributed by atoms with Gasteiger partial charge in [-0.2, -0.15) is 0 Å². The molecule has 3 aromatic carbocycles. The fourth-order valence-corrected chi connectivity index (χ4v) is 8.35. The van der Waals surface area contributed by atoms with Crippen molar-refractivity contribution in [2.24, 2.45) is 18.9 Å². The summed E-state index contributed by atoms with van der Waals surface area (Å²) in [5, 5.41) is 7.63. The molecular weight excluding hydrogens is 657 g/mol. The minimum Gasteiger partial charge on any atom is -0.496 e. The number of imide groups is 1. The number of carbonyl (C=O) groups excluding carboxylic acids is 2. The van der Waals surface area contributed by atoms with Crippen molar-refractivity contribution >= 4 is 45.6 Å². The fraction of sp³-hybridized carbons (Fsp3) is 0.410. The molecule has 1 atom stereocenters. The van der Waals surface area contributed by atoms with Crippen molar-refractivity contribution in [2.75, 3.05) is 43.5 Å². The van der Waals surface area contributed by atoms with Gasteiger partial charge in [-0.25, -0.2) is 4.39 Å². The molecule has 4 heterocycles. The van der Waals surface area contributed by atoms with Crippen LogP contribution in [0.1, 0.15) is 44.1 Å². The van der Waals surface area contributed by atoms with Gasteiger partial charge in [0.1, 0.15) is 17.6 Å². The number of nitrogens with one attached hydrogen (secondary N) is 2. The quantitative estimate of drug-likeness (QED) is 0.207. The molecule has 0 radical (unpaired) electrons. The number of hydrogen-bond acceptors (Lipinski definition) is 7. The molecule has 1 aromatic heterocycles. The van der Waals surface area contributed by atoms with Crippen LogP contribution in [0.15, 0.2) is 65.6 Å². The van der Waals surface area contributed by atoms with Gasteiger partial charge in [-0.15, -0.1) is 0 Å². The van der Waals surface area contributed by atoms with E-state index in [-0.39, 0.29) is 23.2 Å². The van der Waals surface area contributed by atoms with Crippen LogP contribution in [0.3, 0.4) is 0 Å². The van der Waals surface area contributed by atoms with Gasteiger partial charge in [0.2, 0.25) is 11.8 Å². The highest BCUT2D eigenvalue weighted by atomic mass is 35.5. The van der Waals surface area contributed by atoms with Crippen LogP contribution in [0.4, 0.5) is 15.8 Å². The van der Waals surface area contributed by atoms with E-state index >= 15 is 4.39 Å². The Morgan fingerprint density at radius 1 is 0.920 bits per heavy atom. The number of aryl methyl sites for hydroxylation is 1. The van der Waals surface area contributed by atoms with E-state index in [1.165, 1.54) is 0 Å². The number of carbonyl (C=O) groups is 2. The molecule has 9 nitrogen and oxygen atoms in total. The third-order valence-electron chi connectivity index (χ3n) is 10.9. The predicted octanol–water partition coefficient (Wildman–Crippen LogP) is 6.35. The van der Waals surface area contributed by atoms with E-state index < -0.39 is 6.04 Å². The summed E-state index contributed by atoms with van der Waals surface area (Å²) >= 11 is 6.73. The molecule has 3 fully saturated rings. The predicted molar refractivity (Wildman–Crippen MR) is 195 cm³/mol. The van der Waals surface area contributed by atoms with Gasteiger partial charge < -0.3 is 19.5 Å². The van der Waals surface area contributed by atoms with Crippen LogP contribution in [-0.2, 0) is 23.2 Å². The number of amides is 2. The van der Waals surface area contributed by atoms with Crippen LogP contribution in [0, 0.1) is 17.7 Å². The highest BCUT2D eigenvalue weighted by molar-refractivity contribution is 6.33. The Bertz CT molecular complexity index is 1980. The highest BCUT2D eigenvalue weighted by Crippen LogP contribution is 2.38. The van der Waals surface area contributed by atoms with Gasteiger partial charge in [-0.05, 0) is 104 Å². The average Bonchev–Trinajstić information content (AvgIpc) is 3.12. The van der Waals surface area contributed by atoms with Gasteiger partial charge in [0.15, 0.2) is 0 Å². The second-order valence-corrected chi connectivity index (χ2v) is 14.3. The molecule has 2 amide bonds. The second kappa shape index (κ2) is 14.4. The maximum absolute atomic E-state index is 15.8. The van der Waals surface area contributed by atoms with Crippen molar-refractivity contribution < 1.29 is 18.7 Å². The summed E-state index contributed by atoms with van der Waals surface area (Å²) in [5.74, 6) is 0.959. The maximum Gasteiger partial charge on any atom is 0.258 e. The number of piperidine rings is 3. The first kappa shape index (κ1) is 34.1. The van der Waals surface area contributed by atoms with Crippen molar-refractivity contribution in [3.8, 4) is 16.9 Å². The van der Waals surface area contributed by atoms with Gasteiger partial charge >= 0.3 is 0 Å². The lowest BCUT2D eigenvalue weighted by Crippen LogP contribution is -2.47. The van der Waals surface area contributed by atoms with E-state index in [2.05, 4.69) is 20.4 Å². The van der Waals surface area contributed by atoms with E-state index in [4.69, 9.17) is 16.3 Å². The van der Waals surface area contributed by atoms with E-state index in [9.17, 15) is 14.4 Å². The number of anilines is 2. The Kier molecular flexibility index (Phi) is 9.84. The van der Waals surface area contributed by atoms with Gasteiger partial charge in [-0.1, -0.05) is 29.8 Å². The summed E-state index contributed by atoms with van der Waals surface area (Å²) in [7, 11) is 3.30. The molecule has 3 aliphatic heterocycles. The first-order valence-electron chi connectivity index (χ1n) is 17.5. The van der Waals surface area contributed by atoms with E-state index in [1.807, 2.05) is 42.5 Å². The van der Waals surface area contributed by atoms with Crippen LogP contribution in [0.5, 0.6) is 5.75 Å². The third-order valence-corrected chi connectivity index (χ3v) is 11.2. The number of aromatic nitrogens is 1. The largest absolute Gasteiger partial charge is 0.496 e. The lowest BCUT2D eigenvalue weighted by atomic mass is 9.78. The van der Waals surface area contributed by atoms with Crippen molar-refractivity contribution in [1.82, 2.24) is 14.8 Å². The standard InChI is InChI=1S/C39H43ClFN5O4/c1-44-22-30(28-5-3-4-6-29(28)39(44)49)26-19-33(41)31(36(20-26)50-2)23-45-15-11-24(12-16-45)25-13-17-46(18-14-25)35-9-7-27(21-32(35)40)42-34-8-10-37(47)43-38(34)48/h3-7,9,19-22,24-25,34,42H,8,10-18,23H2,1-2H3,(H,43,47,48). The number of fused-ring (bicyclic) bond motifs is 1. The molecular formula is C39H43ClFN5O4. The molecule has 7 rings (SSSR count). The van der Waals surface area contributed by atoms with Crippen molar-refractivity contribution in [2.45, 2.75) is 51.1 Å². The molecule has 0 bridgehead atoms. The maximum atomic E-state index is 15.8. The number of hydrogen-bond donors (Lipinski definition) is 2. The van der Waals surface area contributed by atoms with Crippen molar-refractivity contribution in [1.29, 1.82) is 0 Å². The molecule has 11 heteroatoms. The lowest BCUT2D eigenvalue weighted by Gasteiger charge is -2.41. The first-order chi connectivity index (χ1) is 24.2. The van der Waals surface area contributed by atoms with Crippen LogP contribution < -0.4 is 25.8 Å². The Labute approximate surface area is 296 Å². The topological polar surface area (TPSA) is 95.9 Å². The van der Waals surface area contributed by atoms with Gasteiger partial charge in [0, 0.05) is 61.5 Å². The molecule has 1 unspecified atom stereocenters. The van der Waals surface area contributed by atoms with Gasteiger partial charge in [0.25, 0.3) is 5.56 Å². The second-order valence-electron chi connectivity index (χ2n) is 13.9. The Morgan fingerprint density at radius 3 is 2.30 bits per heavy atom. The lowest BCUT2D eigenvalue weighted by molar-refractivity contribution is -0.133. The molecule has 0 saturated carbocycles. The smallest absolute Gasteiger partial charge is 0.258 e. The summed E-state index contributed by atoms with van der Waals surface area (Å²) in [6.45, 7) is 4.18. The minimum atomic E-state index is -0.446. The molecule has 4 aromatic rings. The third kappa shape index (κ3) is 6.96. The zero-order valence-corrected chi connectivity index (χ0v) is 29.3. The summed E-state index contributed by atoms with van der Waals surface area (Å²) in [6, 6.07) is 16.3. The van der Waals surface area contributed by atoms with Crippen molar-refractivity contribution in [3.05, 3.63) is 87.6 Å². The Morgan fingerprint density at radius 2 is 1.62 bits per heavy atom. The van der Waals surface area contributed by atoms with E-state index in [0.29, 0.717) is 58.5 Å². The summed E-state index contributed by atoms with van der Waals surface area (Å²) in [5.41, 5.74) is 3.72. The molecule has 0 spiro atoms. The minimum absolute atomic E-state index is 0.0837. The number of likely N-dealkylation sites (tertiary alicyclic amines) is 1. The number of nitrogens with zero attached hydrogens (tertiary/aromatic N) is 3. The fourth-order valence-electron chi connectivity index (χ4n) is 8.05. The average molecular weight is 700 g/mol. The van der Waals surface area contributed by atoms with Gasteiger partial charge in [0.05, 0.1) is 17.8 Å². The normalized spacial score (nSPS) is 19.5. The van der Waals surface area contributed by atoms with Crippen molar-refractivity contribution in [3.63, 3.8) is 0 Å². The Hall–Kier alpha value is -4.41. The van der Waals surface area contributed by atoms with Crippen LogP contribution in [0.25, 0.3) is 21.9 Å². The number of pyridine rings is 1. The zero-order valence-electron chi connectivity index (χ0n) is 28.5. The molecule has 262 valence electrons. The van der Waals surface area contributed by atoms with Gasteiger partial charge in [-0.3, -0.25) is 24.6 Å². The number of methoxy groups -OCH3 is 1. The molecule has 3 saturated heterocycles. The van der Waals surface area contributed by atoms with Crippen LogP contribution in [0.2, 0.25) is 5.02 Å². The van der Waals surface area contributed by atoms with Crippen LogP contribution in [-0.4, -0.2) is 60.6 Å². The van der Waals surface area contributed by atoms with E-state index in [1.54, 1.807) is 37.1 Å². The number of benzene rings is 3. The Balaban J connectivity index is 0.942. The summed E-state index contributed by atoms with van der Waals surface area (Å²) < 4.78 is 23.1. The monoisotopic (exact) mass is 699 g/mol. The number of rotatable bonds is 8. The molecule has 0 aliphatic carbocycles. The SMILES string of the molecule is COc1cc(-c2cn(C)c(=O)c3ccccc23)cc(F)c1CN1CCC(C2CCN(c3ccc(NC4CCC(=O)NC4=O)cc3Cl)CC2)CC1. The van der Waals surface area contributed by atoms with Crippen LogP contribution >= 0.6 is 11.6 Å². The molecule has 50 heavy (non-hydrogen) atoms. The molecule has 3 aliphatic rings. The van der Waals surface area contributed by atoms with E-state index in [0.717, 1.165) is 74.2 Å². The summed E-state index contributed by atoms with van der Waals surface area (Å²) in [6.07, 6.45) is 6.91. The first-order valence-corrected chi connectivity index (χ1v) is 17.9. The highest BCUT2D eigenvalue weighted by Gasteiger charge is 2.31. The number of ether oxygens (including phenoxy) is 1. The molecule has 2 N–H and O–H groups in total. The zero-order chi connectivity index (χ0) is 34.9. The number of halogens is 2.